The van der Waals surface area contributed by atoms with Crippen LogP contribution in [-0.2, 0) is 0 Å². The van der Waals surface area contributed by atoms with Crippen molar-refractivity contribution in [3.63, 3.8) is 0 Å². The standard InChI is InChI=1S/C11H13NO2/c1-6(5-12)11(13)10-7(2)8(3)14-9(10)4/h6H,1-4H3. The topological polar surface area (TPSA) is 54.0 Å². The van der Waals surface area contributed by atoms with Crippen molar-refractivity contribution < 1.29 is 9.21 Å². The highest BCUT2D eigenvalue weighted by atomic mass is 16.3. The van der Waals surface area contributed by atoms with Crippen LogP contribution in [0.4, 0.5) is 0 Å². The minimum atomic E-state index is -0.607. The molecule has 0 aromatic carbocycles. The molecule has 74 valence electrons. The smallest absolute Gasteiger partial charge is 0.183 e. The molecule has 0 N–H and O–H groups in total. The molecule has 0 spiro atoms. The number of nitriles is 1. The molecule has 1 heterocycles. The van der Waals surface area contributed by atoms with Crippen LogP contribution >= 0.6 is 0 Å². The Bertz CT molecular complexity index is 410. The molecule has 0 saturated carbocycles. The van der Waals surface area contributed by atoms with Gasteiger partial charge in [-0.15, -0.1) is 0 Å². The third-order valence-electron chi connectivity index (χ3n) is 2.39. The summed E-state index contributed by atoms with van der Waals surface area (Å²) >= 11 is 0. The fourth-order valence-corrected chi connectivity index (χ4v) is 1.43. The van der Waals surface area contributed by atoms with Crippen molar-refractivity contribution >= 4 is 5.78 Å². The number of hydrogen-bond acceptors (Lipinski definition) is 3. The van der Waals surface area contributed by atoms with Gasteiger partial charge in [0.05, 0.1) is 11.6 Å². The third kappa shape index (κ3) is 1.56. The zero-order valence-electron chi connectivity index (χ0n) is 8.84. The zero-order valence-corrected chi connectivity index (χ0v) is 8.84. The van der Waals surface area contributed by atoms with Gasteiger partial charge in [-0.05, 0) is 27.7 Å². The monoisotopic (exact) mass is 191 g/mol. The number of hydrogen-bond donors (Lipinski definition) is 0. The lowest BCUT2D eigenvalue weighted by Crippen LogP contribution is -2.10. The maximum Gasteiger partial charge on any atom is 0.183 e. The summed E-state index contributed by atoms with van der Waals surface area (Å²) in [5, 5.41) is 8.65. The first kappa shape index (κ1) is 10.5. The first-order chi connectivity index (χ1) is 6.49. The normalized spacial score (nSPS) is 12.2. The van der Waals surface area contributed by atoms with Gasteiger partial charge in [-0.2, -0.15) is 5.26 Å². The van der Waals surface area contributed by atoms with E-state index in [0.29, 0.717) is 11.3 Å². The first-order valence-electron chi connectivity index (χ1n) is 4.49. The molecule has 0 amide bonds. The zero-order chi connectivity index (χ0) is 10.9. The summed E-state index contributed by atoms with van der Waals surface area (Å²) in [5.41, 5.74) is 1.41. The van der Waals surface area contributed by atoms with E-state index in [1.54, 1.807) is 13.8 Å². The van der Waals surface area contributed by atoms with Gasteiger partial charge in [0.25, 0.3) is 0 Å². The molecule has 0 bridgehead atoms. The van der Waals surface area contributed by atoms with E-state index in [9.17, 15) is 4.79 Å². The van der Waals surface area contributed by atoms with Crippen molar-refractivity contribution in [2.24, 2.45) is 5.92 Å². The van der Waals surface area contributed by atoms with Gasteiger partial charge in [0.15, 0.2) is 5.78 Å². The predicted molar refractivity (Wildman–Crippen MR) is 52.0 cm³/mol. The van der Waals surface area contributed by atoms with Crippen molar-refractivity contribution in [2.45, 2.75) is 27.7 Å². The van der Waals surface area contributed by atoms with Gasteiger partial charge >= 0.3 is 0 Å². The van der Waals surface area contributed by atoms with Crippen LogP contribution in [0.1, 0.15) is 34.4 Å². The van der Waals surface area contributed by atoms with E-state index in [1.165, 1.54) is 0 Å². The van der Waals surface area contributed by atoms with Crippen molar-refractivity contribution in [1.82, 2.24) is 0 Å². The third-order valence-corrected chi connectivity index (χ3v) is 2.39. The predicted octanol–water partition coefficient (Wildman–Crippen LogP) is 2.55. The molecule has 0 aliphatic heterocycles. The van der Waals surface area contributed by atoms with Crippen LogP contribution in [0, 0.1) is 38.0 Å². The van der Waals surface area contributed by atoms with E-state index < -0.39 is 5.92 Å². The number of carbonyl (C=O) groups excluding carboxylic acids is 1. The number of rotatable bonds is 2. The van der Waals surface area contributed by atoms with Crippen LogP contribution in [-0.4, -0.2) is 5.78 Å². The highest BCUT2D eigenvalue weighted by molar-refractivity contribution is 6.01. The molecule has 14 heavy (non-hydrogen) atoms. The summed E-state index contributed by atoms with van der Waals surface area (Å²) in [5.74, 6) is 0.590. The molecule has 0 aliphatic carbocycles. The van der Waals surface area contributed by atoms with Crippen LogP contribution < -0.4 is 0 Å². The molecule has 1 aromatic heterocycles. The number of Topliss-reactive ketones (excluding diaryl/α,β-unsaturated/α-hetero) is 1. The molecular formula is C11H13NO2. The van der Waals surface area contributed by atoms with E-state index >= 15 is 0 Å². The largest absolute Gasteiger partial charge is 0.466 e. The molecule has 1 aromatic rings. The van der Waals surface area contributed by atoms with Crippen LogP contribution in [0.15, 0.2) is 4.42 Å². The second kappa shape index (κ2) is 3.67. The summed E-state index contributed by atoms with van der Waals surface area (Å²) in [6, 6.07) is 1.94. The number of aryl methyl sites for hydroxylation is 2. The summed E-state index contributed by atoms with van der Waals surface area (Å²) in [7, 11) is 0. The fourth-order valence-electron chi connectivity index (χ4n) is 1.43. The summed E-state index contributed by atoms with van der Waals surface area (Å²) in [6.45, 7) is 7.00. The summed E-state index contributed by atoms with van der Waals surface area (Å²) in [4.78, 5) is 11.7. The molecule has 1 unspecified atom stereocenters. The molecule has 0 saturated heterocycles. The number of furan rings is 1. The second-order valence-corrected chi connectivity index (χ2v) is 3.43. The second-order valence-electron chi connectivity index (χ2n) is 3.43. The lowest BCUT2D eigenvalue weighted by atomic mass is 9.97. The van der Waals surface area contributed by atoms with E-state index in [1.807, 2.05) is 19.9 Å². The lowest BCUT2D eigenvalue weighted by molar-refractivity contribution is 0.0954. The Kier molecular flexibility index (Phi) is 2.76. The molecule has 3 nitrogen and oxygen atoms in total. The highest BCUT2D eigenvalue weighted by Gasteiger charge is 2.22. The van der Waals surface area contributed by atoms with Crippen LogP contribution in [0.2, 0.25) is 0 Å². The Morgan fingerprint density at radius 3 is 2.29 bits per heavy atom. The van der Waals surface area contributed by atoms with Crippen molar-refractivity contribution in [2.75, 3.05) is 0 Å². The molecule has 3 heteroatoms. The Balaban J connectivity index is 3.21. The van der Waals surface area contributed by atoms with Crippen LogP contribution in [0.5, 0.6) is 0 Å². The quantitative estimate of drug-likeness (QED) is 0.675. The molecule has 1 rings (SSSR count). The SMILES string of the molecule is Cc1oc(C)c(C(=O)C(C)C#N)c1C. The molecule has 1 atom stereocenters. The Hall–Kier alpha value is -1.56. The Morgan fingerprint density at radius 2 is 1.93 bits per heavy atom. The minimum absolute atomic E-state index is 0.153. The van der Waals surface area contributed by atoms with Crippen LogP contribution in [0.3, 0.4) is 0 Å². The molecule has 0 aliphatic rings. The first-order valence-corrected chi connectivity index (χ1v) is 4.49. The lowest BCUT2D eigenvalue weighted by Gasteiger charge is -2.01. The Labute approximate surface area is 83.3 Å². The average Bonchev–Trinajstić information content (AvgIpc) is 2.39. The number of carbonyl (C=O) groups is 1. The molecule has 0 radical (unpaired) electrons. The number of nitrogens with zero attached hydrogens (tertiary/aromatic N) is 1. The summed E-state index contributed by atoms with van der Waals surface area (Å²) < 4.78 is 5.33. The van der Waals surface area contributed by atoms with E-state index in [-0.39, 0.29) is 5.78 Å². The maximum absolute atomic E-state index is 11.7. The highest BCUT2D eigenvalue weighted by Crippen LogP contribution is 2.23. The van der Waals surface area contributed by atoms with E-state index in [4.69, 9.17) is 9.68 Å². The van der Waals surface area contributed by atoms with Crippen molar-refractivity contribution in [3.05, 3.63) is 22.6 Å². The molecular weight excluding hydrogens is 178 g/mol. The van der Waals surface area contributed by atoms with E-state index in [2.05, 4.69) is 0 Å². The van der Waals surface area contributed by atoms with Gasteiger partial charge in [0.1, 0.15) is 17.4 Å². The van der Waals surface area contributed by atoms with Gasteiger partial charge in [-0.1, -0.05) is 0 Å². The van der Waals surface area contributed by atoms with Gasteiger partial charge in [0.2, 0.25) is 0 Å². The minimum Gasteiger partial charge on any atom is -0.466 e. The fraction of sp³-hybridized carbons (Fsp3) is 0.455. The van der Waals surface area contributed by atoms with E-state index in [0.717, 1.165) is 11.3 Å². The maximum atomic E-state index is 11.7. The van der Waals surface area contributed by atoms with Crippen molar-refractivity contribution in [1.29, 1.82) is 5.26 Å². The van der Waals surface area contributed by atoms with Gasteiger partial charge in [-0.3, -0.25) is 4.79 Å². The van der Waals surface area contributed by atoms with Gasteiger partial charge < -0.3 is 4.42 Å². The average molecular weight is 191 g/mol. The number of ketones is 1. The molecule has 0 fully saturated rings. The van der Waals surface area contributed by atoms with Crippen LogP contribution in [0.25, 0.3) is 0 Å². The van der Waals surface area contributed by atoms with Gasteiger partial charge in [-0.25, -0.2) is 0 Å². The van der Waals surface area contributed by atoms with Crippen molar-refractivity contribution in [3.8, 4) is 6.07 Å². The summed E-state index contributed by atoms with van der Waals surface area (Å²) in [6.07, 6.45) is 0. The van der Waals surface area contributed by atoms with Gasteiger partial charge in [0, 0.05) is 5.56 Å². The Morgan fingerprint density at radius 1 is 1.36 bits per heavy atom.